The first-order chi connectivity index (χ1) is 10.3. The van der Waals surface area contributed by atoms with Crippen molar-refractivity contribution >= 4 is 23.1 Å². The number of rotatable bonds is 2. The van der Waals surface area contributed by atoms with E-state index in [1.807, 2.05) is 18.2 Å². The number of aromatic nitrogens is 1. The highest BCUT2D eigenvalue weighted by Crippen LogP contribution is 2.11. The minimum absolute atomic E-state index is 0.253. The molecule has 2 aromatic carbocycles. The molecule has 0 saturated heterocycles. The van der Waals surface area contributed by atoms with Crippen molar-refractivity contribution in [3.05, 3.63) is 76.0 Å². The number of benzene rings is 2. The molecule has 0 spiro atoms. The van der Waals surface area contributed by atoms with Gasteiger partial charge >= 0.3 is 5.63 Å². The molecule has 21 heavy (non-hydrogen) atoms. The standard InChI is InChI=1S/C17H10N2O2/c18-11-13-7-5-12(6-8-13)9-10-16-19-15-4-2-1-3-14(15)17(20)21-16/h1-10H/b10-9-. The van der Waals surface area contributed by atoms with Crippen LogP contribution in [0.5, 0.6) is 0 Å². The number of nitriles is 1. The van der Waals surface area contributed by atoms with Crippen LogP contribution in [0, 0.1) is 11.3 Å². The summed E-state index contributed by atoms with van der Waals surface area (Å²) in [7, 11) is 0. The fraction of sp³-hybridized carbons (Fsp3) is 0. The smallest absolute Gasteiger partial charge is 0.347 e. The summed E-state index contributed by atoms with van der Waals surface area (Å²) in [5, 5.41) is 9.21. The number of nitrogens with zero attached hydrogens (tertiary/aromatic N) is 2. The van der Waals surface area contributed by atoms with Crippen molar-refractivity contribution < 1.29 is 4.42 Å². The largest absolute Gasteiger partial charge is 0.404 e. The highest BCUT2D eigenvalue weighted by Gasteiger charge is 2.02. The lowest BCUT2D eigenvalue weighted by atomic mass is 10.1. The lowest BCUT2D eigenvalue weighted by Gasteiger charge is -1.97. The SMILES string of the molecule is N#Cc1ccc(/C=C\c2nc3ccccc3c(=O)o2)cc1. The maximum absolute atomic E-state index is 11.8. The number of fused-ring (bicyclic) bond motifs is 1. The first kappa shape index (κ1) is 12.8. The van der Waals surface area contributed by atoms with E-state index in [-0.39, 0.29) is 5.89 Å². The third-order valence-corrected chi connectivity index (χ3v) is 3.01. The van der Waals surface area contributed by atoms with Crippen LogP contribution in [-0.2, 0) is 0 Å². The summed E-state index contributed by atoms with van der Waals surface area (Å²) in [4.78, 5) is 16.1. The Bertz CT molecular complexity index is 916. The average molecular weight is 274 g/mol. The van der Waals surface area contributed by atoms with Crippen LogP contribution in [0.3, 0.4) is 0 Å². The van der Waals surface area contributed by atoms with Gasteiger partial charge in [0.05, 0.1) is 22.5 Å². The predicted octanol–water partition coefficient (Wildman–Crippen LogP) is 3.23. The Morgan fingerprint density at radius 2 is 1.81 bits per heavy atom. The quantitative estimate of drug-likeness (QED) is 0.719. The van der Waals surface area contributed by atoms with Crippen LogP contribution in [0.25, 0.3) is 23.1 Å². The summed E-state index contributed by atoms with van der Waals surface area (Å²) in [5.41, 5.74) is 1.70. The minimum Gasteiger partial charge on any atom is -0.404 e. The minimum atomic E-state index is -0.403. The Morgan fingerprint density at radius 3 is 2.57 bits per heavy atom. The maximum atomic E-state index is 11.8. The molecule has 3 aromatic rings. The highest BCUT2D eigenvalue weighted by atomic mass is 16.4. The van der Waals surface area contributed by atoms with E-state index in [1.165, 1.54) is 0 Å². The molecule has 100 valence electrons. The summed E-state index contributed by atoms with van der Waals surface area (Å²) in [6.07, 6.45) is 3.41. The molecule has 3 rings (SSSR count). The average Bonchev–Trinajstić information content (AvgIpc) is 2.53. The van der Waals surface area contributed by atoms with E-state index >= 15 is 0 Å². The van der Waals surface area contributed by atoms with Crippen LogP contribution in [0.4, 0.5) is 0 Å². The summed E-state index contributed by atoms with van der Waals surface area (Å²) >= 11 is 0. The van der Waals surface area contributed by atoms with E-state index in [4.69, 9.17) is 9.68 Å². The van der Waals surface area contributed by atoms with Crippen LogP contribution >= 0.6 is 0 Å². The van der Waals surface area contributed by atoms with Gasteiger partial charge in [0, 0.05) is 6.08 Å². The van der Waals surface area contributed by atoms with E-state index in [0.29, 0.717) is 16.5 Å². The van der Waals surface area contributed by atoms with Crippen molar-refractivity contribution in [1.29, 1.82) is 5.26 Å². The Labute approximate surface area is 120 Å². The highest BCUT2D eigenvalue weighted by molar-refractivity contribution is 5.78. The normalized spacial score (nSPS) is 10.8. The zero-order chi connectivity index (χ0) is 14.7. The van der Waals surface area contributed by atoms with E-state index in [2.05, 4.69) is 11.1 Å². The van der Waals surface area contributed by atoms with Crippen LogP contribution in [0.15, 0.2) is 57.7 Å². The second-order valence-corrected chi connectivity index (χ2v) is 4.42. The lowest BCUT2D eigenvalue weighted by Crippen LogP contribution is -2.02. The van der Waals surface area contributed by atoms with E-state index in [0.717, 1.165) is 5.56 Å². The van der Waals surface area contributed by atoms with Crippen LogP contribution < -0.4 is 5.63 Å². The molecule has 1 aromatic heterocycles. The topological polar surface area (TPSA) is 66.9 Å². The van der Waals surface area contributed by atoms with Crippen molar-refractivity contribution in [3.63, 3.8) is 0 Å². The first-order valence-electron chi connectivity index (χ1n) is 6.34. The molecule has 0 amide bonds. The lowest BCUT2D eigenvalue weighted by molar-refractivity contribution is 0.491. The van der Waals surface area contributed by atoms with Gasteiger partial charge in [-0.25, -0.2) is 9.78 Å². The van der Waals surface area contributed by atoms with Crippen LogP contribution in [0.1, 0.15) is 17.0 Å². The van der Waals surface area contributed by atoms with Gasteiger partial charge in [-0.05, 0) is 35.9 Å². The Hall–Kier alpha value is -3.19. The van der Waals surface area contributed by atoms with Crippen molar-refractivity contribution in [2.24, 2.45) is 0 Å². The third kappa shape index (κ3) is 2.72. The molecular formula is C17H10N2O2. The van der Waals surface area contributed by atoms with E-state index in [1.54, 1.807) is 42.5 Å². The third-order valence-electron chi connectivity index (χ3n) is 3.01. The zero-order valence-corrected chi connectivity index (χ0v) is 11.0. The van der Waals surface area contributed by atoms with Gasteiger partial charge in [-0.3, -0.25) is 0 Å². The van der Waals surface area contributed by atoms with Crippen LogP contribution in [0.2, 0.25) is 0 Å². The van der Waals surface area contributed by atoms with Crippen molar-refractivity contribution in [3.8, 4) is 6.07 Å². The number of hydrogen-bond donors (Lipinski definition) is 0. The maximum Gasteiger partial charge on any atom is 0.347 e. The van der Waals surface area contributed by atoms with Gasteiger partial charge in [0.25, 0.3) is 0 Å². The van der Waals surface area contributed by atoms with Crippen LogP contribution in [-0.4, -0.2) is 4.98 Å². The number of para-hydroxylation sites is 1. The molecule has 0 aliphatic heterocycles. The van der Waals surface area contributed by atoms with Gasteiger partial charge in [-0.1, -0.05) is 24.3 Å². The second-order valence-electron chi connectivity index (χ2n) is 4.42. The molecule has 0 N–H and O–H groups in total. The van der Waals surface area contributed by atoms with Crippen molar-refractivity contribution in [1.82, 2.24) is 4.98 Å². The van der Waals surface area contributed by atoms with Crippen molar-refractivity contribution in [2.75, 3.05) is 0 Å². The fourth-order valence-electron chi connectivity index (χ4n) is 1.94. The van der Waals surface area contributed by atoms with E-state index in [9.17, 15) is 4.79 Å². The molecule has 4 heteroatoms. The molecule has 0 unspecified atom stereocenters. The van der Waals surface area contributed by atoms with Gasteiger partial charge in [-0.15, -0.1) is 0 Å². The molecular weight excluding hydrogens is 264 g/mol. The monoisotopic (exact) mass is 274 g/mol. The molecule has 1 heterocycles. The summed E-state index contributed by atoms with van der Waals surface area (Å²) in [5.74, 6) is 0.253. The molecule has 0 saturated carbocycles. The Morgan fingerprint density at radius 1 is 1.05 bits per heavy atom. The van der Waals surface area contributed by atoms with Crippen molar-refractivity contribution in [2.45, 2.75) is 0 Å². The van der Waals surface area contributed by atoms with E-state index < -0.39 is 5.63 Å². The fourth-order valence-corrected chi connectivity index (χ4v) is 1.94. The van der Waals surface area contributed by atoms with Gasteiger partial charge in [-0.2, -0.15) is 5.26 Å². The van der Waals surface area contributed by atoms with Gasteiger partial charge < -0.3 is 4.42 Å². The predicted molar refractivity (Wildman–Crippen MR) is 80.4 cm³/mol. The molecule has 0 radical (unpaired) electrons. The van der Waals surface area contributed by atoms with Gasteiger partial charge in [0.1, 0.15) is 0 Å². The molecule has 4 nitrogen and oxygen atoms in total. The molecule has 0 aliphatic carbocycles. The summed E-state index contributed by atoms with van der Waals surface area (Å²) in [6.45, 7) is 0. The summed E-state index contributed by atoms with van der Waals surface area (Å²) in [6, 6.07) is 16.2. The zero-order valence-electron chi connectivity index (χ0n) is 11.0. The molecule has 0 fully saturated rings. The van der Waals surface area contributed by atoms with Gasteiger partial charge in [0.15, 0.2) is 0 Å². The summed E-state index contributed by atoms with van der Waals surface area (Å²) < 4.78 is 5.15. The molecule has 0 atom stereocenters. The molecule has 0 bridgehead atoms. The Kier molecular flexibility index (Phi) is 3.32. The van der Waals surface area contributed by atoms with Gasteiger partial charge in [0.2, 0.25) is 5.89 Å². The Balaban J connectivity index is 1.95. The number of hydrogen-bond acceptors (Lipinski definition) is 4. The molecule has 0 aliphatic rings. The first-order valence-corrected chi connectivity index (χ1v) is 6.34. The second kappa shape index (κ2) is 5.43.